The van der Waals surface area contributed by atoms with Crippen molar-refractivity contribution >= 4 is 0 Å². The zero-order valence-electron chi connectivity index (χ0n) is 7.71. The van der Waals surface area contributed by atoms with Crippen molar-refractivity contribution in [2.75, 3.05) is 0 Å². The number of hydrogen-bond acceptors (Lipinski definition) is 0. The van der Waals surface area contributed by atoms with Crippen LogP contribution in [0, 0.1) is 17.8 Å². The Kier molecular flexibility index (Phi) is 5.45. The molecule has 1 aliphatic carbocycles. The van der Waals surface area contributed by atoms with Gasteiger partial charge in [-0.1, -0.05) is 25.7 Å². The summed E-state index contributed by atoms with van der Waals surface area (Å²) in [4.78, 5) is 0. The first kappa shape index (κ1) is 12.2. The van der Waals surface area contributed by atoms with E-state index in [0.29, 0.717) is 17.8 Å². The van der Waals surface area contributed by atoms with Gasteiger partial charge in [0.25, 0.3) is 0 Å². The summed E-state index contributed by atoms with van der Waals surface area (Å²) in [5.41, 5.74) is 0. The van der Waals surface area contributed by atoms with Crippen LogP contribution in [0.1, 0.15) is 26.7 Å². The first-order valence-electron chi connectivity index (χ1n) is 4.67. The number of hydrogen-bond donors (Lipinski definition) is 0. The zero-order valence-corrected chi connectivity index (χ0v) is 7.71. The number of rotatable bonds is 3. The van der Waals surface area contributed by atoms with Gasteiger partial charge in [0.2, 0.25) is 0 Å². The molecule has 0 unspecified atom stereocenters. The van der Waals surface area contributed by atoms with Crippen molar-refractivity contribution in [1.29, 1.82) is 0 Å². The van der Waals surface area contributed by atoms with Gasteiger partial charge in [0.15, 0.2) is 0 Å². The maximum Gasteiger partial charge on any atom is -0.0225 e. The summed E-state index contributed by atoms with van der Waals surface area (Å²) in [6, 6.07) is 0. The average molecular weight is 178 g/mol. The van der Waals surface area contributed by atoms with Crippen LogP contribution < -0.4 is 0 Å². The Morgan fingerprint density at radius 1 is 0.692 bits per heavy atom. The molecular formula is C13H22. The van der Waals surface area contributed by atoms with Crippen LogP contribution in [0.4, 0.5) is 0 Å². The van der Waals surface area contributed by atoms with E-state index in [9.17, 15) is 0 Å². The van der Waals surface area contributed by atoms with Gasteiger partial charge in [-0.25, -0.2) is 0 Å². The van der Waals surface area contributed by atoms with Crippen LogP contribution in [-0.4, -0.2) is 0 Å². The molecule has 0 amide bonds. The van der Waals surface area contributed by atoms with E-state index in [2.05, 4.69) is 38.0 Å². The molecule has 0 N–H and O–H groups in total. The summed E-state index contributed by atoms with van der Waals surface area (Å²) < 4.78 is 0. The third-order valence-electron chi connectivity index (χ3n) is 2.82. The molecule has 0 heterocycles. The van der Waals surface area contributed by atoms with Crippen molar-refractivity contribution < 1.29 is 0 Å². The van der Waals surface area contributed by atoms with Crippen molar-refractivity contribution in [3.8, 4) is 0 Å². The quantitative estimate of drug-likeness (QED) is 0.568. The number of allylic oxidation sites excluding steroid dienone is 3. The molecule has 0 saturated heterocycles. The van der Waals surface area contributed by atoms with Crippen molar-refractivity contribution in [1.82, 2.24) is 0 Å². The SMILES string of the molecule is C.C=CC1CC(C=C)CC(C=C)C1. The largest absolute Gasteiger partial charge is 0.103 e. The first-order valence-corrected chi connectivity index (χ1v) is 4.67. The predicted molar refractivity (Wildman–Crippen MR) is 61.6 cm³/mol. The molecule has 1 saturated carbocycles. The molecule has 0 spiro atoms. The van der Waals surface area contributed by atoms with Crippen LogP contribution in [0.25, 0.3) is 0 Å². The maximum absolute atomic E-state index is 3.85. The predicted octanol–water partition coefficient (Wildman–Crippen LogP) is 4.21. The van der Waals surface area contributed by atoms with E-state index in [0.717, 1.165) is 0 Å². The molecule has 0 heteroatoms. The standard InChI is InChI=1S/C12H18.CH4/c1-4-10-7-11(5-2)9-12(6-3)8-10;/h4-6,10-12H,1-3,7-9H2;1H4. The van der Waals surface area contributed by atoms with Crippen LogP contribution >= 0.6 is 0 Å². The van der Waals surface area contributed by atoms with Gasteiger partial charge in [-0.05, 0) is 37.0 Å². The molecule has 1 fully saturated rings. The smallest absolute Gasteiger partial charge is 0.0225 e. The van der Waals surface area contributed by atoms with Gasteiger partial charge in [-0.15, -0.1) is 19.7 Å². The lowest BCUT2D eigenvalue weighted by Crippen LogP contribution is -2.19. The summed E-state index contributed by atoms with van der Waals surface area (Å²) in [5, 5.41) is 0. The minimum Gasteiger partial charge on any atom is -0.103 e. The van der Waals surface area contributed by atoms with E-state index < -0.39 is 0 Å². The summed E-state index contributed by atoms with van der Waals surface area (Å²) in [5.74, 6) is 2.01. The third-order valence-corrected chi connectivity index (χ3v) is 2.82. The molecule has 0 nitrogen and oxygen atoms in total. The monoisotopic (exact) mass is 178 g/mol. The van der Waals surface area contributed by atoms with Crippen LogP contribution in [0.5, 0.6) is 0 Å². The summed E-state index contributed by atoms with van der Waals surface area (Å²) >= 11 is 0. The molecule has 0 radical (unpaired) electrons. The van der Waals surface area contributed by atoms with Gasteiger partial charge >= 0.3 is 0 Å². The first-order chi connectivity index (χ1) is 5.80. The van der Waals surface area contributed by atoms with E-state index in [1.165, 1.54) is 19.3 Å². The summed E-state index contributed by atoms with van der Waals surface area (Å²) in [6.45, 7) is 11.6. The van der Waals surface area contributed by atoms with Crippen molar-refractivity contribution in [2.24, 2.45) is 17.8 Å². The summed E-state index contributed by atoms with van der Waals surface area (Å²) in [7, 11) is 0. The van der Waals surface area contributed by atoms with Gasteiger partial charge in [0, 0.05) is 0 Å². The second kappa shape index (κ2) is 5.80. The summed E-state index contributed by atoms with van der Waals surface area (Å²) in [6.07, 6.45) is 9.93. The molecule has 0 aliphatic heterocycles. The van der Waals surface area contributed by atoms with Crippen molar-refractivity contribution in [2.45, 2.75) is 26.7 Å². The highest BCUT2D eigenvalue weighted by Gasteiger charge is 2.23. The van der Waals surface area contributed by atoms with Gasteiger partial charge < -0.3 is 0 Å². The van der Waals surface area contributed by atoms with Gasteiger partial charge in [0.05, 0.1) is 0 Å². The normalized spacial score (nSPS) is 32.8. The fourth-order valence-corrected chi connectivity index (χ4v) is 2.03. The van der Waals surface area contributed by atoms with E-state index in [1.807, 2.05) is 0 Å². The molecule has 1 aliphatic rings. The zero-order chi connectivity index (χ0) is 8.97. The Labute approximate surface area is 83.0 Å². The Hall–Kier alpha value is -0.780. The Bertz CT molecular complexity index is 139. The molecule has 1 rings (SSSR count). The third kappa shape index (κ3) is 3.22. The highest BCUT2D eigenvalue weighted by Crippen LogP contribution is 2.34. The molecular weight excluding hydrogens is 156 g/mol. The van der Waals surface area contributed by atoms with Gasteiger partial charge in [-0.2, -0.15) is 0 Å². The molecule has 13 heavy (non-hydrogen) atoms. The second-order valence-corrected chi connectivity index (χ2v) is 3.69. The highest BCUT2D eigenvalue weighted by molar-refractivity contribution is 4.97. The second-order valence-electron chi connectivity index (χ2n) is 3.69. The molecule has 0 aromatic heterocycles. The minimum absolute atomic E-state index is 0. The van der Waals surface area contributed by atoms with E-state index in [4.69, 9.17) is 0 Å². The lowest BCUT2D eigenvalue weighted by atomic mass is 9.75. The van der Waals surface area contributed by atoms with E-state index >= 15 is 0 Å². The average Bonchev–Trinajstić information content (AvgIpc) is 2.16. The Morgan fingerprint density at radius 3 is 1.08 bits per heavy atom. The Balaban J connectivity index is 0.00000144. The van der Waals surface area contributed by atoms with E-state index in [-0.39, 0.29) is 7.43 Å². The maximum atomic E-state index is 3.85. The fourth-order valence-electron chi connectivity index (χ4n) is 2.03. The van der Waals surface area contributed by atoms with Gasteiger partial charge in [-0.3, -0.25) is 0 Å². The Morgan fingerprint density at radius 2 is 0.923 bits per heavy atom. The highest BCUT2D eigenvalue weighted by atomic mass is 14.3. The molecule has 74 valence electrons. The molecule has 0 bridgehead atoms. The van der Waals surface area contributed by atoms with Crippen LogP contribution in [0.3, 0.4) is 0 Å². The van der Waals surface area contributed by atoms with Crippen LogP contribution in [0.2, 0.25) is 0 Å². The van der Waals surface area contributed by atoms with Crippen LogP contribution in [-0.2, 0) is 0 Å². The molecule has 0 atom stereocenters. The lowest BCUT2D eigenvalue weighted by Gasteiger charge is -2.30. The van der Waals surface area contributed by atoms with E-state index in [1.54, 1.807) is 0 Å². The van der Waals surface area contributed by atoms with Crippen molar-refractivity contribution in [3.05, 3.63) is 38.0 Å². The molecule has 0 aromatic carbocycles. The minimum atomic E-state index is 0. The van der Waals surface area contributed by atoms with Crippen molar-refractivity contribution in [3.63, 3.8) is 0 Å². The fraction of sp³-hybridized carbons (Fsp3) is 0.538. The van der Waals surface area contributed by atoms with Gasteiger partial charge in [0.1, 0.15) is 0 Å². The molecule has 0 aromatic rings. The lowest BCUT2D eigenvalue weighted by molar-refractivity contribution is 0.296. The topological polar surface area (TPSA) is 0 Å². The van der Waals surface area contributed by atoms with Crippen LogP contribution in [0.15, 0.2) is 38.0 Å².